The maximum Gasteiger partial charge on any atom is 0.0561 e. The molecule has 94 valence electrons. The van der Waals surface area contributed by atoms with Crippen LogP contribution in [0.3, 0.4) is 0 Å². The Balaban J connectivity index is 1.77. The third-order valence-corrected chi connectivity index (χ3v) is 4.25. The Labute approximate surface area is 98.6 Å². The topological polar surface area (TPSA) is 41.5 Å². The summed E-state index contributed by atoms with van der Waals surface area (Å²) < 4.78 is 5.54. The summed E-state index contributed by atoms with van der Waals surface area (Å²) in [5.41, 5.74) is 0.182. The zero-order valence-corrected chi connectivity index (χ0v) is 10.4. The van der Waals surface area contributed by atoms with Gasteiger partial charge in [-0.15, -0.1) is 0 Å². The molecule has 16 heavy (non-hydrogen) atoms. The molecule has 1 heterocycles. The molecule has 0 aromatic heterocycles. The standard InChI is InChI=1S/C13H25NO2/c1-11-8-12(4-7-16-11)14-9-13(10-15)5-2-3-6-13/h11-12,14-15H,2-10H2,1H3. The van der Waals surface area contributed by atoms with Crippen LogP contribution in [0.2, 0.25) is 0 Å². The van der Waals surface area contributed by atoms with Gasteiger partial charge in [-0.1, -0.05) is 12.8 Å². The van der Waals surface area contributed by atoms with Crippen LogP contribution in [0.5, 0.6) is 0 Å². The van der Waals surface area contributed by atoms with Gasteiger partial charge in [-0.25, -0.2) is 0 Å². The highest BCUT2D eigenvalue weighted by atomic mass is 16.5. The monoisotopic (exact) mass is 227 g/mol. The Morgan fingerprint density at radius 3 is 2.75 bits per heavy atom. The van der Waals surface area contributed by atoms with E-state index in [2.05, 4.69) is 12.2 Å². The number of aliphatic hydroxyl groups excluding tert-OH is 1. The summed E-state index contributed by atoms with van der Waals surface area (Å²) in [6.07, 6.45) is 7.57. The molecule has 1 aliphatic carbocycles. The molecule has 0 bridgehead atoms. The summed E-state index contributed by atoms with van der Waals surface area (Å²) in [6, 6.07) is 0.591. The van der Waals surface area contributed by atoms with Gasteiger partial charge in [-0.05, 0) is 32.6 Å². The minimum atomic E-state index is 0.182. The summed E-state index contributed by atoms with van der Waals surface area (Å²) in [5.74, 6) is 0. The SMILES string of the molecule is CC1CC(NCC2(CO)CCCC2)CCO1. The van der Waals surface area contributed by atoms with Gasteiger partial charge in [0.15, 0.2) is 0 Å². The highest BCUT2D eigenvalue weighted by Crippen LogP contribution is 2.37. The molecule has 0 amide bonds. The average Bonchev–Trinajstić information content (AvgIpc) is 2.76. The van der Waals surface area contributed by atoms with E-state index in [0.29, 0.717) is 18.8 Å². The second kappa shape index (κ2) is 5.48. The first kappa shape index (κ1) is 12.3. The van der Waals surface area contributed by atoms with Crippen molar-refractivity contribution in [1.29, 1.82) is 0 Å². The third kappa shape index (κ3) is 2.96. The van der Waals surface area contributed by atoms with Crippen molar-refractivity contribution in [3.05, 3.63) is 0 Å². The minimum Gasteiger partial charge on any atom is -0.396 e. The quantitative estimate of drug-likeness (QED) is 0.768. The molecule has 3 nitrogen and oxygen atoms in total. The van der Waals surface area contributed by atoms with Crippen molar-refractivity contribution in [3.63, 3.8) is 0 Å². The van der Waals surface area contributed by atoms with Gasteiger partial charge in [0.05, 0.1) is 6.10 Å². The fourth-order valence-corrected chi connectivity index (χ4v) is 3.06. The molecule has 1 saturated heterocycles. The van der Waals surface area contributed by atoms with Gasteiger partial charge in [0.25, 0.3) is 0 Å². The van der Waals surface area contributed by atoms with Crippen molar-refractivity contribution in [2.75, 3.05) is 19.8 Å². The van der Waals surface area contributed by atoms with E-state index in [1.165, 1.54) is 25.7 Å². The van der Waals surface area contributed by atoms with E-state index in [1.807, 2.05) is 0 Å². The van der Waals surface area contributed by atoms with E-state index in [-0.39, 0.29) is 5.41 Å². The van der Waals surface area contributed by atoms with Crippen LogP contribution in [0, 0.1) is 5.41 Å². The van der Waals surface area contributed by atoms with Crippen molar-refractivity contribution >= 4 is 0 Å². The van der Waals surface area contributed by atoms with Crippen molar-refractivity contribution in [1.82, 2.24) is 5.32 Å². The number of nitrogens with one attached hydrogen (secondary N) is 1. The average molecular weight is 227 g/mol. The largest absolute Gasteiger partial charge is 0.396 e. The van der Waals surface area contributed by atoms with Crippen LogP contribution in [0.4, 0.5) is 0 Å². The fourth-order valence-electron chi connectivity index (χ4n) is 3.06. The number of hydrogen-bond donors (Lipinski definition) is 2. The molecule has 0 spiro atoms. The zero-order chi connectivity index (χ0) is 11.4. The third-order valence-electron chi connectivity index (χ3n) is 4.25. The Bertz CT molecular complexity index is 214. The first-order chi connectivity index (χ1) is 7.74. The van der Waals surface area contributed by atoms with Gasteiger partial charge in [-0.3, -0.25) is 0 Å². The van der Waals surface area contributed by atoms with E-state index < -0.39 is 0 Å². The number of ether oxygens (including phenoxy) is 1. The number of rotatable bonds is 4. The Kier molecular flexibility index (Phi) is 4.22. The molecule has 0 radical (unpaired) electrons. The Morgan fingerprint density at radius 1 is 1.38 bits per heavy atom. The molecule has 2 N–H and O–H groups in total. The van der Waals surface area contributed by atoms with E-state index in [9.17, 15) is 5.11 Å². The van der Waals surface area contributed by atoms with E-state index in [0.717, 1.165) is 26.0 Å². The number of hydrogen-bond acceptors (Lipinski definition) is 3. The molecule has 2 aliphatic rings. The van der Waals surface area contributed by atoms with Crippen LogP contribution in [0.25, 0.3) is 0 Å². The van der Waals surface area contributed by atoms with E-state index >= 15 is 0 Å². The Morgan fingerprint density at radius 2 is 2.12 bits per heavy atom. The highest BCUT2D eigenvalue weighted by Gasteiger charge is 2.33. The van der Waals surface area contributed by atoms with Crippen molar-refractivity contribution in [2.24, 2.45) is 5.41 Å². The second-order valence-electron chi connectivity index (χ2n) is 5.65. The Hall–Kier alpha value is -0.120. The lowest BCUT2D eigenvalue weighted by Crippen LogP contribution is -2.44. The van der Waals surface area contributed by atoms with Crippen LogP contribution in [0.15, 0.2) is 0 Å². The smallest absolute Gasteiger partial charge is 0.0561 e. The molecule has 2 atom stereocenters. The molecule has 0 aromatic carbocycles. The van der Waals surface area contributed by atoms with Gasteiger partial charge in [0.2, 0.25) is 0 Å². The highest BCUT2D eigenvalue weighted by molar-refractivity contribution is 4.88. The lowest BCUT2D eigenvalue weighted by molar-refractivity contribution is 0.00958. The maximum atomic E-state index is 9.53. The van der Waals surface area contributed by atoms with Crippen LogP contribution in [-0.4, -0.2) is 37.0 Å². The molecule has 2 rings (SSSR count). The number of aliphatic hydroxyl groups is 1. The van der Waals surface area contributed by atoms with Gasteiger partial charge < -0.3 is 15.2 Å². The predicted molar refractivity (Wildman–Crippen MR) is 64.4 cm³/mol. The molecule has 1 saturated carbocycles. The second-order valence-corrected chi connectivity index (χ2v) is 5.65. The summed E-state index contributed by atoms with van der Waals surface area (Å²) >= 11 is 0. The molecular weight excluding hydrogens is 202 g/mol. The molecule has 1 aliphatic heterocycles. The van der Waals surface area contributed by atoms with E-state index in [4.69, 9.17) is 4.74 Å². The van der Waals surface area contributed by atoms with Gasteiger partial charge in [-0.2, -0.15) is 0 Å². The lowest BCUT2D eigenvalue weighted by atomic mass is 9.86. The van der Waals surface area contributed by atoms with Gasteiger partial charge >= 0.3 is 0 Å². The van der Waals surface area contributed by atoms with Crippen LogP contribution in [0.1, 0.15) is 45.4 Å². The van der Waals surface area contributed by atoms with E-state index in [1.54, 1.807) is 0 Å². The van der Waals surface area contributed by atoms with Gasteiger partial charge in [0, 0.05) is 31.2 Å². The predicted octanol–water partition coefficient (Wildman–Crippen LogP) is 1.70. The minimum absolute atomic E-state index is 0.182. The summed E-state index contributed by atoms with van der Waals surface area (Å²) in [5, 5.41) is 13.2. The van der Waals surface area contributed by atoms with Crippen molar-refractivity contribution in [2.45, 2.75) is 57.6 Å². The lowest BCUT2D eigenvalue weighted by Gasteiger charge is -2.33. The zero-order valence-electron chi connectivity index (χ0n) is 10.4. The van der Waals surface area contributed by atoms with Crippen LogP contribution < -0.4 is 5.32 Å². The maximum absolute atomic E-state index is 9.53. The summed E-state index contributed by atoms with van der Waals surface area (Å²) in [6.45, 7) is 4.36. The van der Waals surface area contributed by atoms with Crippen molar-refractivity contribution in [3.8, 4) is 0 Å². The molecule has 0 aromatic rings. The van der Waals surface area contributed by atoms with Crippen LogP contribution >= 0.6 is 0 Å². The molecular formula is C13H25NO2. The van der Waals surface area contributed by atoms with Crippen molar-refractivity contribution < 1.29 is 9.84 Å². The molecule has 3 heteroatoms. The first-order valence-corrected chi connectivity index (χ1v) is 6.70. The van der Waals surface area contributed by atoms with Crippen LogP contribution in [-0.2, 0) is 4.74 Å². The first-order valence-electron chi connectivity index (χ1n) is 6.70. The summed E-state index contributed by atoms with van der Waals surface area (Å²) in [7, 11) is 0. The van der Waals surface area contributed by atoms with Gasteiger partial charge in [0.1, 0.15) is 0 Å². The molecule has 2 fully saturated rings. The normalized spacial score (nSPS) is 34.1. The fraction of sp³-hybridized carbons (Fsp3) is 1.00. The summed E-state index contributed by atoms with van der Waals surface area (Å²) in [4.78, 5) is 0. The molecule has 2 unspecified atom stereocenters.